The van der Waals surface area contributed by atoms with Crippen LogP contribution in [0.25, 0.3) is 11.1 Å². The predicted octanol–water partition coefficient (Wildman–Crippen LogP) is 5.21. The first-order valence-electron chi connectivity index (χ1n) is 15.4. The molecule has 2 amide bonds. The zero-order chi connectivity index (χ0) is 30.2. The van der Waals surface area contributed by atoms with Crippen molar-refractivity contribution >= 4 is 29.0 Å². The number of carbonyl (C=O) groups excluding carboxylic acids is 3. The van der Waals surface area contributed by atoms with Crippen molar-refractivity contribution in [3.63, 3.8) is 0 Å². The predicted molar refractivity (Wildman–Crippen MR) is 169 cm³/mol. The molecule has 8 nitrogen and oxygen atoms in total. The Balaban J connectivity index is 1.21. The van der Waals surface area contributed by atoms with Crippen molar-refractivity contribution in [2.75, 3.05) is 24.5 Å². The third-order valence-electron chi connectivity index (χ3n) is 8.06. The normalized spacial score (nSPS) is 17.2. The van der Waals surface area contributed by atoms with Gasteiger partial charge < -0.3 is 20.7 Å². The molecule has 0 aliphatic carbocycles. The Morgan fingerprint density at radius 2 is 1.63 bits per heavy atom. The second-order valence-corrected chi connectivity index (χ2v) is 11.8. The molecule has 1 saturated heterocycles. The van der Waals surface area contributed by atoms with Crippen LogP contribution in [0.1, 0.15) is 46.0 Å². The van der Waals surface area contributed by atoms with Crippen molar-refractivity contribution in [2.45, 2.75) is 58.2 Å². The Morgan fingerprint density at radius 3 is 2.33 bits per heavy atom. The highest BCUT2D eigenvalue weighted by atomic mass is 16.5. The Kier molecular flexibility index (Phi) is 10.1. The summed E-state index contributed by atoms with van der Waals surface area (Å²) in [6.07, 6.45) is 2.04. The van der Waals surface area contributed by atoms with E-state index in [0.717, 1.165) is 48.4 Å². The summed E-state index contributed by atoms with van der Waals surface area (Å²) in [7, 11) is 0. The van der Waals surface area contributed by atoms with E-state index < -0.39 is 12.3 Å². The van der Waals surface area contributed by atoms with Crippen LogP contribution in [-0.4, -0.2) is 49.5 Å². The molecule has 226 valence electrons. The van der Waals surface area contributed by atoms with Gasteiger partial charge in [0.1, 0.15) is 11.8 Å². The second kappa shape index (κ2) is 14.3. The topological polar surface area (TPSA) is 99.8 Å². The Bertz CT molecular complexity index is 1390. The third kappa shape index (κ3) is 7.62. The number of amides is 2. The molecule has 3 N–H and O–H groups in total. The van der Waals surface area contributed by atoms with Crippen LogP contribution in [0, 0.1) is 11.8 Å². The van der Waals surface area contributed by atoms with Crippen LogP contribution in [0.3, 0.4) is 0 Å². The molecule has 2 aliphatic heterocycles. The van der Waals surface area contributed by atoms with Gasteiger partial charge in [-0.3, -0.25) is 19.3 Å². The maximum absolute atomic E-state index is 13.6. The number of nitrogens with one attached hydrogen (secondary N) is 3. The summed E-state index contributed by atoms with van der Waals surface area (Å²) in [6.45, 7) is 6.05. The van der Waals surface area contributed by atoms with Gasteiger partial charge in [0, 0.05) is 24.6 Å². The van der Waals surface area contributed by atoms with Gasteiger partial charge in [0.25, 0.3) is 0 Å². The third-order valence-corrected chi connectivity index (χ3v) is 8.06. The number of carbonyl (C=O) groups is 3. The molecule has 0 bridgehead atoms. The maximum atomic E-state index is 13.6. The number of piperidine rings is 1. The maximum Gasteiger partial charge on any atom is 0.242 e. The summed E-state index contributed by atoms with van der Waals surface area (Å²) < 4.78 is 6.23. The fourth-order valence-electron chi connectivity index (χ4n) is 5.79. The van der Waals surface area contributed by atoms with Crippen LogP contribution in [-0.2, 0) is 14.4 Å². The number of benzene rings is 3. The number of para-hydroxylation sites is 1. The minimum absolute atomic E-state index is 0.0492. The van der Waals surface area contributed by atoms with E-state index in [1.807, 2.05) is 79.4 Å². The Labute approximate surface area is 254 Å². The molecule has 5 rings (SSSR count). The summed E-state index contributed by atoms with van der Waals surface area (Å²) in [5.74, 6) is 0.537. The van der Waals surface area contributed by atoms with Gasteiger partial charge in [-0.05, 0) is 80.1 Å². The quantitative estimate of drug-likeness (QED) is 0.254. The zero-order valence-electron chi connectivity index (χ0n) is 25.1. The molecule has 2 heterocycles. The van der Waals surface area contributed by atoms with Gasteiger partial charge in [-0.2, -0.15) is 0 Å². The first-order chi connectivity index (χ1) is 20.9. The number of anilines is 2. The first kappa shape index (κ1) is 30.3. The average molecular weight is 583 g/mol. The fourth-order valence-corrected chi connectivity index (χ4v) is 5.79. The molecule has 1 fully saturated rings. The number of ether oxygens (including phenoxy) is 1. The molecular weight excluding hydrogens is 540 g/mol. The summed E-state index contributed by atoms with van der Waals surface area (Å²) in [6, 6.07) is 25.3. The van der Waals surface area contributed by atoms with Crippen molar-refractivity contribution in [1.29, 1.82) is 0 Å². The van der Waals surface area contributed by atoms with Crippen molar-refractivity contribution in [3.8, 4) is 16.9 Å². The lowest BCUT2D eigenvalue weighted by Crippen LogP contribution is -2.50. The highest BCUT2D eigenvalue weighted by molar-refractivity contribution is 5.93. The van der Waals surface area contributed by atoms with E-state index in [0.29, 0.717) is 25.1 Å². The second-order valence-electron chi connectivity index (χ2n) is 11.8. The van der Waals surface area contributed by atoms with Crippen molar-refractivity contribution < 1.29 is 19.1 Å². The SMILES string of the molecule is CC(C)CC(NC(=O)C1CCNCC1)C(=O)NCCCC(=O)C1Oc2ccc(-c3ccccc3)cc2N1c1ccccc1. The molecule has 2 unspecified atom stereocenters. The van der Waals surface area contributed by atoms with E-state index >= 15 is 0 Å². The van der Waals surface area contributed by atoms with Crippen LogP contribution in [0.4, 0.5) is 11.4 Å². The summed E-state index contributed by atoms with van der Waals surface area (Å²) in [5, 5.41) is 9.21. The molecule has 0 spiro atoms. The molecule has 8 heteroatoms. The molecular formula is C35H42N4O4. The zero-order valence-corrected chi connectivity index (χ0v) is 25.1. The minimum atomic E-state index is -0.794. The highest BCUT2D eigenvalue weighted by Gasteiger charge is 2.37. The monoisotopic (exact) mass is 582 g/mol. The van der Waals surface area contributed by atoms with Crippen LogP contribution in [0.2, 0.25) is 0 Å². The van der Waals surface area contributed by atoms with Crippen molar-refractivity contribution in [3.05, 3.63) is 78.9 Å². The Hall–Kier alpha value is -4.17. The lowest BCUT2D eigenvalue weighted by Gasteiger charge is -2.26. The molecule has 3 aromatic carbocycles. The van der Waals surface area contributed by atoms with Crippen LogP contribution >= 0.6 is 0 Å². The summed E-state index contributed by atoms with van der Waals surface area (Å²) in [5.41, 5.74) is 3.86. The number of rotatable bonds is 12. The molecule has 3 aromatic rings. The number of ketones is 1. The van der Waals surface area contributed by atoms with Gasteiger partial charge in [0.2, 0.25) is 18.0 Å². The van der Waals surface area contributed by atoms with Crippen molar-refractivity contribution in [1.82, 2.24) is 16.0 Å². The molecule has 0 radical (unpaired) electrons. The average Bonchev–Trinajstić information content (AvgIpc) is 3.42. The van der Waals surface area contributed by atoms with E-state index in [1.165, 1.54) is 0 Å². The van der Waals surface area contributed by atoms with Crippen LogP contribution < -0.4 is 25.6 Å². The van der Waals surface area contributed by atoms with Gasteiger partial charge in [0.15, 0.2) is 5.78 Å². The Morgan fingerprint density at radius 1 is 0.930 bits per heavy atom. The molecule has 43 heavy (non-hydrogen) atoms. The largest absolute Gasteiger partial charge is 0.461 e. The molecule has 0 aromatic heterocycles. The summed E-state index contributed by atoms with van der Waals surface area (Å²) >= 11 is 0. The van der Waals surface area contributed by atoms with E-state index in [2.05, 4.69) is 34.1 Å². The van der Waals surface area contributed by atoms with Gasteiger partial charge >= 0.3 is 0 Å². The number of hydrogen-bond donors (Lipinski definition) is 3. The lowest BCUT2D eigenvalue weighted by atomic mass is 9.95. The molecule has 0 saturated carbocycles. The highest BCUT2D eigenvalue weighted by Crippen LogP contribution is 2.44. The fraction of sp³-hybridized carbons (Fsp3) is 0.400. The first-order valence-corrected chi connectivity index (χ1v) is 15.4. The van der Waals surface area contributed by atoms with Crippen LogP contribution in [0.15, 0.2) is 78.9 Å². The number of fused-ring (bicyclic) bond motifs is 1. The summed E-state index contributed by atoms with van der Waals surface area (Å²) in [4.78, 5) is 41.4. The van der Waals surface area contributed by atoms with E-state index in [9.17, 15) is 14.4 Å². The van der Waals surface area contributed by atoms with E-state index in [-0.39, 0.29) is 35.9 Å². The molecule has 2 aliphatic rings. The lowest BCUT2D eigenvalue weighted by molar-refractivity contribution is -0.132. The van der Waals surface area contributed by atoms with E-state index in [4.69, 9.17) is 4.74 Å². The number of hydrogen-bond acceptors (Lipinski definition) is 6. The number of Topliss-reactive ketones (excluding diaryl/α,β-unsaturated/α-hetero) is 1. The van der Waals surface area contributed by atoms with Gasteiger partial charge in [-0.25, -0.2) is 0 Å². The standard InChI is InChI=1S/C35H42N4O4/c1-24(2)22-29(38-33(41)26-17-20-36-21-18-26)34(42)37-19-9-14-31(40)35-39(28-12-7-4-8-13-28)30-23-27(15-16-32(30)43-35)25-10-5-3-6-11-25/h3-8,10-13,15-16,23-24,26,29,35-36H,9,14,17-22H2,1-2H3,(H,37,42)(H,38,41). The smallest absolute Gasteiger partial charge is 0.242 e. The number of nitrogens with zero attached hydrogens (tertiary/aromatic N) is 1. The van der Waals surface area contributed by atoms with E-state index in [1.54, 1.807) is 0 Å². The minimum Gasteiger partial charge on any atom is -0.461 e. The van der Waals surface area contributed by atoms with Crippen molar-refractivity contribution in [2.24, 2.45) is 11.8 Å². The van der Waals surface area contributed by atoms with Crippen LogP contribution in [0.5, 0.6) is 5.75 Å². The van der Waals surface area contributed by atoms with Gasteiger partial charge in [-0.1, -0.05) is 68.4 Å². The molecule has 2 atom stereocenters. The van der Waals surface area contributed by atoms with Gasteiger partial charge in [0.05, 0.1) is 5.69 Å². The van der Waals surface area contributed by atoms with Gasteiger partial charge in [-0.15, -0.1) is 0 Å².